The first-order valence-corrected chi connectivity index (χ1v) is 17.9. The number of nitrogens with zero attached hydrogens (tertiary/aromatic N) is 2. The summed E-state index contributed by atoms with van der Waals surface area (Å²) in [7, 11) is 0. The van der Waals surface area contributed by atoms with Gasteiger partial charge >= 0.3 is 0 Å². The second-order valence-corrected chi connectivity index (χ2v) is 13.7. The van der Waals surface area contributed by atoms with Crippen LogP contribution in [0.5, 0.6) is 0 Å². The molecule has 2 heteroatoms. The smallest absolute Gasteiger partial charge is 0.0547 e. The van der Waals surface area contributed by atoms with Gasteiger partial charge in [0.1, 0.15) is 0 Å². The molecular formula is C50H32N2. The summed E-state index contributed by atoms with van der Waals surface area (Å²) in [5.74, 6) is 0. The zero-order valence-electron chi connectivity index (χ0n) is 28.4. The van der Waals surface area contributed by atoms with Crippen LogP contribution in [0.1, 0.15) is 0 Å². The summed E-state index contributed by atoms with van der Waals surface area (Å²) >= 11 is 0. The van der Waals surface area contributed by atoms with E-state index in [0.717, 1.165) is 5.69 Å². The molecule has 9 aromatic carbocycles. The van der Waals surface area contributed by atoms with Gasteiger partial charge in [0, 0.05) is 32.6 Å². The average molecular weight is 661 g/mol. The van der Waals surface area contributed by atoms with Crippen LogP contribution in [0, 0.1) is 0 Å². The summed E-state index contributed by atoms with van der Waals surface area (Å²) in [5, 5.41) is 10.1. The van der Waals surface area contributed by atoms with Crippen LogP contribution < -0.4 is 0 Å². The first kappa shape index (κ1) is 28.9. The van der Waals surface area contributed by atoms with E-state index in [1.807, 2.05) is 0 Å². The number of hydrogen-bond donors (Lipinski definition) is 0. The van der Waals surface area contributed by atoms with Gasteiger partial charge in [0.05, 0.1) is 27.8 Å². The normalized spacial score (nSPS) is 11.8. The lowest BCUT2D eigenvalue weighted by atomic mass is 9.97. The van der Waals surface area contributed by atoms with E-state index in [0.29, 0.717) is 0 Å². The number of aromatic nitrogens is 2. The minimum Gasteiger partial charge on any atom is -0.309 e. The molecule has 242 valence electrons. The van der Waals surface area contributed by atoms with Crippen molar-refractivity contribution in [3.05, 3.63) is 194 Å². The Morgan fingerprint density at radius 1 is 0.288 bits per heavy atom. The minimum atomic E-state index is 1.16. The molecule has 0 aliphatic rings. The predicted molar refractivity (Wildman–Crippen MR) is 221 cm³/mol. The van der Waals surface area contributed by atoms with E-state index < -0.39 is 0 Å². The number of benzene rings is 9. The lowest BCUT2D eigenvalue weighted by Gasteiger charge is -2.14. The molecular weight excluding hydrogens is 629 g/mol. The van der Waals surface area contributed by atoms with E-state index in [2.05, 4.69) is 203 Å². The molecule has 0 radical (unpaired) electrons. The highest BCUT2D eigenvalue weighted by Crippen LogP contribution is 2.43. The summed E-state index contributed by atoms with van der Waals surface area (Å²) in [4.78, 5) is 0. The molecule has 0 spiro atoms. The van der Waals surface area contributed by atoms with Gasteiger partial charge in [0.2, 0.25) is 0 Å². The van der Waals surface area contributed by atoms with Crippen molar-refractivity contribution in [3.63, 3.8) is 0 Å². The first-order chi connectivity index (χ1) is 25.8. The third-order valence-electron chi connectivity index (χ3n) is 10.9. The van der Waals surface area contributed by atoms with Crippen LogP contribution in [-0.2, 0) is 0 Å². The van der Waals surface area contributed by atoms with E-state index in [-0.39, 0.29) is 0 Å². The minimum absolute atomic E-state index is 1.16. The van der Waals surface area contributed by atoms with Gasteiger partial charge in [0.15, 0.2) is 0 Å². The largest absolute Gasteiger partial charge is 0.309 e. The Kier molecular flexibility index (Phi) is 6.28. The van der Waals surface area contributed by atoms with Gasteiger partial charge in [-0.05, 0) is 86.9 Å². The number of fused-ring (bicyclic) bond motifs is 9. The highest BCUT2D eigenvalue weighted by atomic mass is 15.0. The maximum Gasteiger partial charge on any atom is 0.0547 e. The van der Waals surface area contributed by atoms with Crippen LogP contribution in [0.3, 0.4) is 0 Å². The van der Waals surface area contributed by atoms with Crippen LogP contribution in [0.2, 0.25) is 0 Å². The molecule has 11 rings (SSSR count). The van der Waals surface area contributed by atoms with Crippen LogP contribution >= 0.6 is 0 Å². The maximum absolute atomic E-state index is 2.48. The van der Waals surface area contributed by atoms with Crippen molar-refractivity contribution in [2.24, 2.45) is 0 Å². The van der Waals surface area contributed by atoms with Crippen molar-refractivity contribution in [1.82, 2.24) is 9.13 Å². The standard InChI is InChI=1S/C50H32N2/c1-2-13-33(14-3-1)34-25-28-37(29-26-34)51-45-22-10-8-19-42(45)44-31-36(27-30-47(44)51)39-21-12-24-48-50(39)43-20-9-11-23-46(43)52(48)49-32-35-15-4-5-16-38(35)40-17-6-7-18-41(40)49/h1-32H. The summed E-state index contributed by atoms with van der Waals surface area (Å²) in [5.41, 5.74) is 12.1. The van der Waals surface area contributed by atoms with E-state index >= 15 is 0 Å². The zero-order valence-corrected chi connectivity index (χ0v) is 28.4. The SMILES string of the molecule is c1ccc(-c2ccc(-n3c4ccccc4c4cc(-c5cccc6c5c5ccccc5n6-c5cc6ccccc6c6ccccc56)ccc43)cc2)cc1. The van der Waals surface area contributed by atoms with E-state index in [1.54, 1.807) is 0 Å². The van der Waals surface area contributed by atoms with Gasteiger partial charge in [-0.25, -0.2) is 0 Å². The fourth-order valence-corrected chi connectivity index (χ4v) is 8.59. The molecule has 0 saturated heterocycles. The average Bonchev–Trinajstić information content (AvgIpc) is 3.74. The molecule has 52 heavy (non-hydrogen) atoms. The Balaban J connectivity index is 1.14. The van der Waals surface area contributed by atoms with Crippen molar-refractivity contribution >= 4 is 65.2 Å². The first-order valence-electron chi connectivity index (χ1n) is 17.9. The lowest BCUT2D eigenvalue weighted by molar-refractivity contribution is 1.18. The van der Waals surface area contributed by atoms with Gasteiger partial charge in [-0.3, -0.25) is 0 Å². The summed E-state index contributed by atoms with van der Waals surface area (Å²) in [6.07, 6.45) is 0. The Bertz CT molecular complexity index is 3160. The molecule has 2 heterocycles. The molecule has 0 unspecified atom stereocenters. The second kappa shape index (κ2) is 11.3. The molecule has 0 saturated carbocycles. The molecule has 0 fully saturated rings. The van der Waals surface area contributed by atoms with Gasteiger partial charge in [-0.1, -0.05) is 146 Å². The van der Waals surface area contributed by atoms with Gasteiger partial charge < -0.3 is 9.13 Å². The Morgan fingerprint density at radius 2 is 0.865 bits per heavy atom. The molecule has 11 aromatic rings. The van der Waals surface area contributed by atoms with Crippen molar-refractivity contribution in [1.29, 1.82) is 0 Å². The summed E-state index contributed by atoms with van der Waals surface area (Å²) in [6, 6.07) is 70.9. The van der Waals surface area contributed by atoms with Crippen LogP contribution in [-0.4, -0.2) is 9.13 Å². The Hall–Kier alpha value is -6.90. The van der Waals surface area contributed by atoms with Crippen LogP contribution in [0.15, 0.2) is 194 Å². The van der Waals surface area contributed by atoms with Crippen molar-refractivity contribution in [3.8, 4) is 33.6 Å². The summed E-state index contributed by atoms with van der Waals surface area (Å²) < 4.78 is 4.88. The number of hydrogen-bond acceptors (Lipinski definition) is 0. The Morgan fingerprint density at radius 3 is 1.67 bits per heavy atom. The topological polar surface area (TPSA) is 9.86 Å². The second-order valence-electron chi connectivity index (χ2n) is 13.7. The number of para-hydroxylation sites is 2. The highest BCUT2D eigenvalue weighted by Gasteiger charge is 2.20. The molecule has 0 aliphatic heterocycles. The fraction of sp³-hybridized carbons (Fsp3) is 0. The van der Waals surface area contributed by atoms with Crippen molar-refractivity contribution in [2.75, 3.05) is 0 Å². The van der Waals surface area contributed by atoms with E-state index in [4.69, 9.17) is 0 Å². The zero-order chi connectivity index (χ0) is 34.2. The molecule has 0 N–H and O–H groups in total. The van der Waals surface area contributed by atoms with E-state index in [9.17, 15) is 0 Å². The molecule has 0 aliphatic carbocycles. The summed E-state index contributed by atoms with van der Waals surface area (Å²) in [6.45, 7) is 0. The van der Waals surface area contributed by atoms with Gasteiger partial charge in [-0.2, -0.15) is 0 Å². The van der Waals surface area contributed by atoms with Gasteiger partial charge in [0.25, 0.3) is 0 Å². The molecule has 2 nitrogen and oxygen atoms in total. The Labute approximate surface area is 301 Å². The molecule has 0 atom stereocenters. The van der Waals surface area contributed by atoms with E-state index in [1.165, 1.54) is 93.1 Å². The lowest BCUT2D eigenvalue weighted by Crippen LogP contribution is -1.96. The fourth-order valence-electron chi connectivity index (χ4n) is 8.59. The van der Waals surface area contributed by atoms with Crippen molar-refractivity contribution < 1.29 is 0 Å². The number of rotatable bonds is 4. The highest BCUT2D eigenvalue weighted by molar-refractivity contribution is 6.19. The van der Waals surface area contributed by atoms with Crippen LogP contribution in [0.25, 0.3) is 98.8 Å². The molecule has 2 aromatic heterocycles. The van der Waals surface area contributed by atoms with Gasteiger partial charge in [-0.15, -0.1) is 0 Å². The quantitative estimate of drug-likeness (QED) is 0.166. The van der Waals surface area contributed by atoms with Crippen LogP contribution in [0.4, 0.5) is 0 Å². The van der Waals surface area contributed by atoms with Crippen molar-refractivity contribution in [2.45, 2.75) is 0 Å². The molecule has 0 amide bonds. The maximum atomic E-state index is 2.48. The third kappa shape index (κ3) is 4.25. The third-order valence-corrected chi connectivity index (χ3v) is 10.9. The molecule has 0 bridgehead atoms. The monoisotopic (exact) mass is 660 g/mol. The predicted octanol–water partition coefficient (Wildman–Crippen LogP) is 13.5.